The SMILES string of the molecule is CCN(Cc1ccccc1)C(=O)C(C)Sc1nnc(-c2ccc(OC(F)F)cc2)o1. The number of hydrogen-bond acceptors (Lipinski definition) is 6. The van der Waals surface area contributed by atoms with Crippen molar-refractivity contribution in [3.63, 3.8) is 0 Å². The van der Waals surface area contributed by atoms with E-state index < -0.39 is 11.9 Å². The van der Waals surface area contributed by atoms with Crippen molar-refractivity contribution in [2.75, 3.05) is 6.54 Å². The first-order chi connectivity index (χ1) is 14.5. The number of alkyl halides is 2. The molecule has 1 aromatic heterocycles. The summed E-state index contributed by atoms with van der Waals surface area (Å²) in [7, 11) is 0. The predicted molar refractivity (Wildman–Crippen MR) is 109 cm³/mol. The summed E-state index contributed by atoms with van der Waals surface area (Å²) < 4.78 is 34.4. The first kappa shape index (κ1) is 21.8. The van der Waals surface area contributed by atoms with Crippen LogP contribution in [0.25, 0.3) is 11.5 Å². The minimum absolute atomic E-state index is 0.0281. The molecule has 0 saturated heterocycles. The number of benzene rings is 2. The molecule has 6 nitrogen and oxygen atoms in total. The van der Waals surface area contributed by atoms with Gasteiger partial charge in [-0.15, -0.1) is 10.2 Å². The largest absolute Gasteiger partial charge is 0.435 e. The lowest BCUT2D eigenvalue weighted by atomic mass is 10.2. The second kappa shape index (κ2) is 10.2. The van der Waals surface area contributed by atoms with Gasteiger partial charge in [0.05, 0.1) is 5.25 Å². The van der Waals surface area contributed by atoms with E-state index in [1.54, 1.807) is 24.0 Å². The van der Waals surface area contributed by atoms with Crippen LogP contribution < -0.4 is 4.74 Å². The quantitative estimate of drug-likeness (QED) is 0.449. The summed E-state index contributed by atoms with van der Waals surface area (Å²) in [5.74, 6) is 0.247. The van der Waals surface area contributed by atoms with Gasteiger partial charge in [0, 0.05) is 18.7 Å². The molecule has 0 spiro atoms. The van der Waals surface area contributed by atoms with Crippen LogP contribution in [0.15, 0.2) is 64.2 Å². The highest BCUT2D eigenvalue weighted by Gasteiger charge is 2.23. The van der Waals surface area contributed by atoms with Gasteiger partial charge in [-0.3, -0.25) is 4.79 Å². The molecule has 0 saturated carbocycles. The maximum atomic E-state index is 12.8. The highest BCUT2D eigenvalue weighted by Crippen LogP contribution is 2.28. The average molecular weight is 433 g/mol. The number of hydrogen-bond donors (Lipinski definition) is 0. The normalized spacial score (nSPS) is 12.0. The fourth-order valence-electron chi connectivity index (χ4n) is 2.76. The molecule has 0 N–H and O–H groups in total. The van der Waals surface area contributed by atoms with Crippen LogP contribution in [0.3, 0.4) is 0 Å². The maximum absolute atomic E-state index is 12.8. The minimum atomic E-state index is -2.88. The lowest BCUT2D eigenvalue weighted by Gasteiger charge is -2.23. The third kappa shape index (κ3) is 5.79. The Balaban J connectivity index is 1.62. The Morgan fingerprint density at radius 3 is 2.47 bits per heavy atom. The Bertz CT molecular complexity index is 952. The van der Waals surface area contributed by atoms with Gasteiger partial charge in [0.25, 0.3) is 5.22 Å². The lowest BCUT2D eigenvalue weighted by molar-refractivity contribution is -0.130. The summed E-state index contributed by atoms with van der Waals surface area (Å²) in [6, 6.07) is 15.7. The molecule has 3 aromatic rings. The maximum Gasteiger partial charge on any atom is 0.387 e. The second-order valence-electron chi connectivity index (χ2n) is 6.37. The number of carbonyl (C=O) groups excluding carboxylic acids is 1. The Labute approximate surface area is 177 Å². The van der Waals surface area contributed by atoms with E-state index in [1.807, 2.05) is 37.3 Å². The number of rotatable bonds is 9. The summed E-state index contributed by atoms with van der Waals surface area (Å²) in [4.78, 5) is 14.6. The van der Waals surface area contributed by atoms with Gasteiger partial charge in [-0.2, -0.15) is 8.78 Å². The van der Waals surface area contributed by atoms with Crippen molar-refractivity contribution in [2.45, 2.75) is 37.5 Å². The molecule has 9 heteroatoms. The number of aromatic nitrogens is 2. The molecule has 1 atom stereocenters. The van der Waals surface area contributed by atoms with Crippen molar-refractivity contribution in [3.8, 4) is 17.2 Å². The van der Waals surface area contributed by atoms with Gasteiger partial charge in [0.2, 0.25) is 11.8 Å². The Morgan fingerprint density at radius 2 is 1.83 bits per heavy atom. The molecule has 158 valence electrons. The fourth-order valence-corrected chi connectivity index (χ4v) is 3.53. The van der Waals surface area contributed by atoms with Crippen LogP contribution >= 0.6 is 11.8 Å². The van der Waals surface area contributed by atoms with Gasteiger partial charge < -0.3 is 14.1 Å². The van der Waals surface area contributed by atoms with Crippen molar-refractivity contribution in [3.05, 3.63) is 60.2 Å². The second-order valence-corrected chi connectivity index (χ2v) is 7.67. The molecule has 0 bridgehead atoms. The van der Waals surface area contributed by atoms with Crippen LogP contribution in [0.1, 0.15) is 19.4 Å². The predicted octanol–water partition coefficient (Wildman–Crippen LogP) is 4.87. The van der Waals surface area contributed by atoms with E-state index in [2.05, 4.69) is 14.9 Å². The number of carbonyl (C=O) groups is 1. The van der Waals surface area contributed by atoms with E-state index in [1.165, 1.54) is 23.9 Å². The molecule has 0 aliphatic rings. The smallest absolute Gasteiger partial charge is 0.387 e. The molecule has 1 heterocycles. The molecule has 0 radical (unpaired) electrons. The molecule has 1 unspecified atom stereocenters. The zero-order valence-electron chi connectivity index (χ0n) is 16.5. The minimum Gasteiger partial charge on any atom is -0.435 e. The third-order valence-corrected chi connectivity index (χ3v) is 5.19. The van der Waals surface area contributed by atoms with Crippen LogP contribution in [0.2, 0.25) is 0 Å². The monoisotopic (exact) mass is 433 g/mol. The summed E-state index contributed by atoms with van der Waals surface area (Å²) in [6.07, 6.45) is 0. The number of ether oxygens (including phenoxy) is 1. The van der Waals surface area contributed by atoms with Gasteiger partial charge in [-0.05, 0) is 43.7 Å². The van der Waals surface area contributed by atoms with E-state index in [4.69, 9.17) is 4.42 Å². The van der Waals surface area contributed by atoms with Crippen LogP contribution in [-0.4, -0.2) is 39.4 Å². The molecule has 1 amide bonds. The van der Waals surface area contributed by atoms with E-state index >= 15 is 0 Å². The van der Waals surface area contributed by atoms with E-state index in [-0.39, 0.29) is 22.8 Å². The van der Waals surface area contributed by atoms with Crippen LogP contribution in [-0.2, 0) is 11.3 Å². The molecular formula is C21H21F2N3O3S. The summed E-state index contributed by atoms with van der Waals surface area (Å²) >= 11 is 1.18. The number of halogens is 2. The average Bonchev–Trinajstić information content (AvgIpc) is 3.20. The van der Waals surface area contributed by atoms with Crippen molar-refractivity contribution in [1.82, 2.24) is 15.1 Å². The van der Waals surface area contributed by atoms with Crippen LogP contribution in [0, 0.1) is 0 Å². The Hall–Kier alpha value is -2.94. The summed E-state index contributed by atoms with van der Waals surface area (Å²) in [5, 5.41) is 7.80. The molecule has 0 aliphatic carbocycles. The third-order valence-electron chi connectivity index (χ3n) is 4.27. The summed E-state index contributed by atoms with van der Waals surface area (Å²) in [5.41, 5.74) is 1.62. The van der Waals surface area contributed by atoms with Gasteiger partial charge in [-0.1, -0.05) is 42.1 Å². The lowest BCUT2D eigenvalue weighted by Crippen LogP contribution is -2.35. The Morgan fingerprint density at radius 1 is 1.13 bits per heavy atom. The molecule has 3 rings (SSSR count). The van der Waals surface area contributed by atoms with E-state index in [9.17, 15) is 13.6 Å². The van der Waals surface area contributed by atoms with Gasteiger partial charge in [-0.25, -0.2) is 0 Å². The van der Waals surface area contributed by atoms with E-state index in [0.29, 0.717) is 18.7 Å². The van der Waals surface area contributed by atoms with Crippen molar-refractivity contribution >= 4 is 17.7 Å². The first-order valence-electron chi connectivity index (χ1n) is 9.34. The van der Waals surface area contributed by atoms with Crippen LogP contribution in [0.5, 0.6) is 5.75 Å². The van der Waals surface area contributed by atoms with E-state index in [0.717, 1.165) is 5.56 Å². The fraction of sp³-hybridized carbons (Fsp3) is 0.286. The number of thioether (sulfide) groups is 1. The van der Waals surface area contributed by atoms with Crippen molar-refractivity contribution in [1.29, 1.82) is 0 Å². The molecule has 0 fully saturated rings. The first-order valence-corrected chi connectivity index (χ1v) is 10.2. The number of amides is 1. The molecule has 30 heavy (non-hydrogen) atoms. The molecular weight excluding hydrogens is 412 g/mol. The van der Waals surface area contributed by atoms with Gasteiger partial charge in [0.1, 0.15) is 5.75 Å². The summed E-state index contributed by atoms with van der Waals surface area (Å²) in [6.45, 7) is 1.96. The Kier molecular flexibility index (Phi) is 7.40. The van der Waals surface area contributed by atoms with Crippen LogP contribution in [0.4, 0.5) is 8.78 Å². The molecule has 2 aromatic carbocycles. The number of nitrogens with zero attached hydrogens (tertiary/aromatic N) is 3. The standard InChI is InChI=1S/C21H21F2N3O3S/c1-3-26(13-15-7-5-4-6-8-15)19(27)14(2)30-21-25-24-18(29-21)16-9-11-17(12-10-16)28-20(22)23/h4-12,14,20H,3,13H2,1-2H3. The topological polar surface area (TPSA) is 68.5 Å². The van der Waals surface area contributed by atoms with Gasteiger partial charge >= 0.3 is 6.61 Å². The zero-order valence-corrected chi connectivity index (χ0v) is 17.3. The van der Waals surface area contributed by atoms with Crippen molar-refractivity contribution < 1.29 is 22.7 Å². The highest BCUT2D eigenvalue weighted by atomic mass is 32.2. The van der Waals surface area contributed by atoms with Gasteiger partial charge in [0.15, 0.2) is 0 Å². The van der Waals surface area contributed by atoms with Crippen molar-refractivity contribution in [2.24, 2.45) is 0 Å². The highest BCUT2D eigenvalue weighted by molar-refractivity contribution is 8.00. The zero-order chi connectivity index (χ0) is 21.5. The molecule has 0 aliphatic heterocycles.